The zero-order chi connectivity index (χ0) is 31.7. The third kappa shape index (κ3) is 26.8. The minimum Gasteiger partial charge on any atom is -0.217 e. The van der Waals surface area contributed by atoms with Gasteiger partial charge in [0.15, 0.2) is 0 Å². The van der Waals surface area contributed by atoms with Crippen LogP contribution in [0.4, 0.5) is 0 Å². The first kappa shape index (κ1) is 42.9. The molecule has 0 radical (unpaired) electrons. The van der Waals surface area contributed by atoms with E-state index < -0.39 is 0 Å². The van der Waals surface area contributed by atoms with Crippen LogP contribution in [0.3, 0.4) is 0 Å². The van der Waals surface area contributed by atoms with Crippen molar-refractivity contribution >= 4 is 0 Å². The Morgan fingerprint density at radius 3 is 0.721 bits per heavy atom. The number of hydrogen-bond donors (Lipinski definition) is 1. The Labute approximate surface area is 274 Å². The van der Waals surface area contributed by atoms with Crippen LogP contribution in [-0.4, -0.2) is 29.0 Å². The Balaban J connectivity index is 3.74. The fourth-order valence-electron chi connectivity index (χ4n) is 7.10. The molecule has 43 heavy (non-hydrogen) atoms. The molecule has 0 saturated heterocycles. The van der Waals surface area contributed by atoms with Gasteiger partial charge in [0.05, 0.1) is 7.05 Å². The minimum absolute atomic E-state index is 0.0146. The molecule has 0 bridgehead atoms. The van der Waals surface area contributed by atoms with E-state index in [1.54, 1.807) is 0 Å². The standard InChI is InChI=1S/C41H86NO/c1-6-9-11-13-15-17-19-21-23-25-27-29-31-33-35-37-39-41(4,42(5,43)8-3)40-38-36-34-32-30-28-26-24-22-20-18-16-14-12-10-7-2/h43H,6-40H2,1-5H3/q+1. The normalized spacial score (nSPS) is 13.5. The summed E-state index contributed by atoms with van der Waals surface area (Å²) in [6, 6.07) is 0. The van der Waals surface area contributed by atoms with Crippen LogP contribution in [0, 0.1) is 0 Å². The van der Waals surface area contributed by atoms with Crippen molar-refractivity contribution in [3.05, 3.63) is 0 Å². The molecule has 0 aliphatic heterocycles. The van der Waals surface area contributed by atoms with Crippen molar-refractivity contribution in [3.8, 4) is 0 Å². The lowest BCUT2D eigenvalue weighted by Crippen LogP contribution is -2.58. The summed E-state index contributed by atoms with van der Waals surface area (Å²) in [5.74, 6) is 0. The Morgan fingerprint density at radius 2 is 0.535 bits per heavy atom. The van der Waals surface area contributed by atoms with E-state index in [1.165, 1.54) is 218 Å². The smallest absolute Gasteiger partial charge is 0.126 e. The highest BCUT2D eigenvalue weighted by Gasteiger charge is 2.41. The van der Waals surface area contributed by atoms with Gasteiger partial charge in [0.1, 0.15) is 12.1 Å². The van der Waals surface area contributed by atoms with Crippen LogP contribution in [-0.2, 0) is 0 Å². The lowest BCUT2D eigenvalue weighted by molar-refractivity contribution is -1.12. The molecule has 0 aromatic carbocycles. The van der Waals surface area contributed by atoms with Gasteiger partial charge < -0.3 is 0 Å². The number of hydrogen-bond acceptors (Lipinski definition) is 1. The molecule has 0 spiro atoms. The van der Waals surface area contributed by atoms with E-state index in [2.05, 4.69) is 34.7 Å². The summed E-state index contributed by atoms with van der Waals surface area (Å²) in [5.41, 5.74) is 0.0146. The van der Waals surface area contributed by atoms with Crippen molar-refractivity contribution in [1.29, 1.82) is 0 Å². The first-order chi connectivity index (χ1) is 20.9. The van der Waals surface area contributed by atoms with Gasteiger partial charge in [0.2, 0.25) is 0 Å². The summed E-state index contributed by atoms with van der Waals surface area (Å²) in [6.45, 7) is 9.94. The third-order valence-electron chi connectivity index (χ3n) is 10.9. The largest absolute Gasteiger partial charge is 0.217 e. The van der Waals surface area contributed by atoms with Gasteiger partial charge in [-0.2, -0.15) is 4.65 Å². The van der Waals surface area contributed by atoms with E-state index in [-0.39, 0.29) is 10.2 Å². The molecule has 2 nitrogen and oxygen atoms in total. The van der Waals surface area contributed by atoms with E-state index in [0.717, 1.165) is 6.54 Å². The quantitative estimate of drug-likeness (QED) is 0.0426. The van der Waals surface area contributed by atoms with Crippen LogP contribution in [0.25, 0.3) is 0 Å². The molecule has 260 valence electrons. The predicted molar refractivity (Wildman–Crippen MR) is 195 cm³/mol. The van der Waals surface area contributed by atoms with E-state index in [4.69, 9.17) is 0 Å². The second-order valence-corrected chi connectivity index (χ2v) is 15.1. The van der Waals surface area contributed by atoms with E-state index in [9.17, 15) is 5.21 Å². The van der Waals surface area contributed by atoms with Gasteiger partial charge in [-0.25, -0.2) is 5.21 Å². The van der Waals surface area contributed by atoms with Crippen LogP contribution < -0.4 is 0 Å². The first-order valence-corrected chi connectivity index (χ1v) is 20.5. The van der Waals surface area contributed by atoms with Gasteiger partial charge in [0.25, 0.3) is 0 Å². The lowest BCUT2D eigenvalue weighted by Gasteiger charge is -2.43. The van der Waals surface area contributed by atoms with Crippen LogP contribution >= 0.6 is 0 Å². The molecule has 0 aliphatic carbocycles. The Hall–Kier alpha value is -0.0800. The summed E-state index contributed by atoms with van der Waals surface area (Å²) in [5, 5.41) is 11.2. The van der Waals surface area contributed by atoms with Crippen molar-refractivity contribution < 1.29 is 9.85 Å². The van der Waals surface area contributed by atoms with Crippen LogP contribution in [0.1, 0.15) is 246 Å². The molecule has 0 heterocycles. The fourth-order valence-corrected chi connectivity index (χ4v) is 7.10. The number of rotatable bonds is 36. The summed E-state index contributed by atoms with van der Waals surface area (Å²) in [4.78, 5) is 0. The maximum absolute atomic E-state index is 11.2. The Morgan fingerprint density at radius 1 is 0.349 bits per heavy atom. The Bertz CT molecular complexity index is 494. The number of unbranched alkanes of at least 4 members (excludes halogenated alkanes) is 30. The molecule has 0 rings (SSSR count). The predicted octanol–water partition coefficient (Wildman–Crippen LogP) is 14.9. The maximum Gasteiger partial charge on any atom is 0.126 e. The van der Waals surface area contributed by atoms with Crippen LogP contribution in [0.15, 0.2) is 0 Å². The first-order valence-electron chi connectivity index (χ1n) is 20.5. The Kier molecular flexibility index (Phi) is 31.8. The van der Waals surface area contributed by atoms with Crippen LogP contribution in [0.5, 0.6) is 0 Å². The van der Waals surface area contributed by atoms with Crippen molar-refractivity contribution in [3.63, 3.8) is 0 Å². The highest BCUT2D eigenvalue weighted by Crippen LogP contribution is 2.32. The molecule has 0 saturated carbocycles. The van der Waals surface area contributed by atoms with Crippen molar-refractivity contribution in [2.45, 2.75) is 252 Å². The molecule has 1 N–H and O–H groups in total. The molecule has 0 aromatic rings. The van der Waals surface area contributed by atoms with Crippen molar-refractivity contribution in [2.24, 2.45) is 0 Å². The second kappa shape index (κ2) is 31.9. The van der Waals surface area contributed by atoms with Gasteiger partial charge in [-0.15, -0.1) is 0 Å². The summed E-state index contributed by atoms with van der Waals surface area (Å²) in [6.07, 6.45) is 47.8. The van der Waals surface area contributed by atoms with Gasteiger partial charge in [-0.05, 0) is 26.7 Å². The number of quaternary nitrogens is 1. The van der Waals surface area contributed by atoms with E-state index in [1.807, 2.05) is 0 Å². The highest BCUT2D eigenvalue weighted by molar-refractivity contribution is 4.75. The molecule has 0 amide bonds. The average Bonchev–Trinajstić information content (AvgIpc) is 3.00. The average molecular weight is 609 g/mol. The fraction of sp³-hybridized carbons (Fsp3) is 1.00. The molecule has 1 unspecified atom stereocenters. The molecule has 0 fully saturated rings. The summed E-state index contributed by atoms with van der Waals surface area (Å²) >= 11 is 0. The molecular formula is C41H86NO+. The topological polar surface area (TPSA) is 20.2 Å². The zero-order valence-electron chi connectivity index (χ0n) is 31.1. The van der Waals surface area contributed by atoms with Crippen molar-refractivity contribution in [2.75, 3.05) is 13.6 Å². The molecular weight excluding hydrogens is 522 g/mol. The second-order valence-electron chi connectivity index (χ2n) is 15.1. The monoisotopic (exact) mass is 609 g/mol. The van der Waals surface area contributed by atoms with Gasteiger partial charge in [0, 0.05) is 12.8 Å². The van der Waals surface area contributed by atoms with Gasteiger partial charge in [-0.1, -0.05) is 206 Å². The molecule has 0 aromatic heterocycles. The molecule has 0 aliphatic rings. The van der Waals surface area contributed by atoms with Crippen LogP contribution in [0.2, 0.25) is 0 Å². The molecule has 1 atom stereocenters. The third-order valence-corrected chi connectivity index (χ3v) is 10.9. The highest BCUT2D eigenvalue weighted by atomic mass is 16.5. The molecule has 2 heteroatoms. The summed E-state index contributed by atoms with van der Waals surface area (Å²) < 4.78 is 0.199. The van der Waals surface area contributed by atoms with E-state index >= 15 is 0 Å². The summed E-state index contributed by atoms with van der Waals surface area (Å²) in [7, 11) is 2.05. The lowest BCUT2D eigenvalue weighted by atomic mass is 9.86. The zero-order valence-corrected chi connectivity index (χ0v) is 31.1. The van der Waals surface area contributed by atoms with Gasteiger partial charge in [-0.3, -0.25) is 0 Å². The maximum atomic E-state index is 11.2. The van der Waals surface area contributed by atoms with Gasteiger partial charge >= 0.3 is 0 Å². The number of nitrogens with zero attached hydrogens (tertiary/aromatic N) is 1. The van der Waals surface area contributed by atoms with E-state index in [0.29, 0.717) is 0 Å². The minimum atomic E-state index is 0.0146. The number of hydroxylamine groups is 3. The SMILES string of the molecule is CCCCCCCCCCCCCCCCCCC(C)(CCCCCCCCCCCCCCCCCC)[N+](C)(O)CC. The van der Waals surface area contributed by atoms with Crippen molar-refractivity contribution in [1.82, 2.24) is 0 Å².